The van der Waals surface area contributed by atoms with Crippen molar-refractivity contribution in [2.45, 2.75) is 45.7 Å². The fourth-order valence-corrected chi connectivity index (χ4v) is 2.61. The third kappa shape index (κ3) is 1.99. The normalized spacial score (nSPS) is 19.6. The standard InChI is InChI=1S/C13H19N5/c1-9-6-13(3,4)18(15-9)12(7-14)11-8-17(5)16-10(11)2/h8,12H,6H2,1-5H3/t12-/m1/s1. The predicted molar refractivity (Wildman–Crippen MR) is 69.9 cm³/mol. The molecule has 0 aromatic carbocycles. The lowest BCUT2D eigenvalue weighted by Crippen LogP contribution is -2.38. The molecular weight excluding hydrogens is 226 g/mol. The molecule has 5 heteroatoms. The Labute approximate surface area is 108 Å². The van der Waals surface area contributed by atoms with E-state index in [-0.39, 0.29) is 11.6 Å². The van der Waals surface area contributed by atoms with Crippen LogP contribution in [0, 0.1) is 18.3 Å². The first-order valence-corrected chi connectivity index (χ1v) is 6.08. The van der Waals surface area contributed by atoms with Gasteiger partial charge in [-0.15, -0.1) is 0 Å². The highest BCUT2D eigenvalue weighted by Gasteiger charge is 2.38. The van der Waals surface area contributed by atoms with Crippen molar-refractivity contribution in [3.8, 4) is 6.07 Å². The maximum atomic E-state index is 9.49. The number of hydrogen-bond acceptors (Lipinski definition) is 4. The third-order valence-corrected chi connectivity index (χ3v) is 3.30. The van der Waals surface area contributed by atoms with E-state index in [4.69, 9.17) is 0 Å². The molecule has 18 heavy (non-hydrogen) atoms. The molecule has 1 aliphatic heterocycles. The molecule has 0 aliphatic carbocycles. The molecule has 0 saturated heterocycles. The second kappa shape index (κ2) is 4.13. The first kappa shape index (κ1) is 12.6. The van der Waals surface area contributed by atoms with Crippen molar-refractivity contribution < 1.29 is 0 Å². The monoisotopic (exact) mass is 245 g/mol. The van der Waals surface area contributed by atoms with Crippen molar-refractivity contribution in [1.29, 1.82) is 5.26 Å². The van der Waals surface area contributed by atoms with Gasteiger partial charge < -0.3 is 0 Å². The minimum atomic E-state index is -0.369. The molecule has 0 fully saturated rings. The van der Waals surface area contributed by atoms with Crippen molar-refractivity contribution in [3.05, 3.63) is 17.5 Å². The Kier molecular flexibility index (Phi) is 2.89. The van der Waals surface area contributed by atoms with E-state index in [2.05, 4.69) is 30.1 Å². The summed E-state index contributed by atoms with van der Waals surface area (Å²) in [5.41, 5.74) is 2.78. The number of nitrogens with zero attached hydrogens (tertiary/aromatic N) is 5. The molecule has 0 N–H and O–H groups in total. The van der Waals surface area contributed by atoms with Gasteiger partial charge in [0.2, 0.25) is 0 Å². The largest absolute Gasteiger partial charge is 0.275 e. The zero-order valence-corrected chi connectivity index (χ0v) is 11.6. The molecule has 0 unspecified atom stereocenters. The molecule has 1 aromatic heterocycles. The Morgan fingerprint density at radius 1 is 1.44 bits per heavy atom. The summed E-state index contributed by atoms with van der Waals surface area (Å²) in [5.74, 6) is 0. The van der Waals surface area contributed by atoms with E-state index in [1.807, 2.05) is 32.1 Å². The average Bonchev–Trinajstić information content (AvgIpc) is 2.69. The smallest absolute Gasteiger partial charge is 0.162 e. The second-order valence-electron chi connectivity index (χ2n) is 5.54. The molecule has 1 aliphatic rings. The van der Waals surface area contributed by atoms with Crippen molar-refractivity contribution in [3.63, 3.8) is 0 Å². The summed E-state index contributed by atoms with van der Waals surface area (Å²) in [6, 6.07) is 1.99. The average molecular weight is 245 g/mol. The first-order chi connectivity index (χ1) is 8.35. The summed E-state index contributed by atoms with van der Waals surface area (Å²) in [6.07, 6.45) is 2.80. The number of hydrazone groups is 1. The Morgan fingerprint density at radius 2 is 2.11 bits per heavy atom. The zero-order valence-electron chi connectivity index (χ0n) is 11.6. The SMILES string of the molecule is CC1=NN([C@H](C#N)c2cn(C)nc2C)C(C)(C)C1. The highest BCUT2D eigenvalue weighted by Crippen LogP contribution is 2.35. The van der Waals surface area contributed by atoms with Gasteiger partial charge in [0.25, 0.3) is 0 Å². The van der Waals surface area contributed by atoms with Crippen LogP contribution >= 0.6 is 0 Å². The van der Waals surface area contributed by atoms with Crippen LogP contribution in [-0.4, -0.2) is 26.0 Å². The summed E-state index contributed by atoms with van der Waals surface area (Å²) in [4.78, 5) is 0. The van der Waals surface area contributed by atoms with E-state index < -0.39 is 0 Å². The third-order valence-electron chi connectivity index (χ3n) is 3.30. The van der Waals surface area contributed by atoms with Crippen LogP contribution in [0.15, 0.2) is 11.3 Å². The van der Waals surface area contributed by atoms with Crippen LogP contribution in [0.3, 0.4) is 0 Å². The maximum absolute atomic E-state index is 9.49. The van der Waals surface area contributed by atoms with Crippen molar-refractivity contribution in [2.24, 2.45) is 12.1 Å². The highest BCUT2D eigenvalue weighted by molar-refractivity contribution is 5.84. The van der Waals surface area contributed by atoms with Gasteiger partial charge in [-0.3, -0.25) is 9.69 Å². The van der Waals surface area contributed by atoms with Crippen LogP contribution in [0.25, 0.3) is 0 Å². The quantitative estimate of drug-likeness (QED) is 0.802. The molecule has 0 amide bonds. The Morgan fingerprint density at radius 3 is 2.50 bits per heavy atom. The number of aryl methyl sites for hydroxylation is 2. The van der Waals surface area contributed by atoms with Gasteiger partial charge in [0, 0.05) is 30.9 Å². The van der Waals surface area contributed by atoms with Gasteiger partial charge >= 0.3 is 0 Å². The summed E-state index contributed by atoms with van der Waals surface area (Å²) < 4.78 is 1.74. The summed E-state index contributed by atoms with van der Waals surface area (Å²) in [5, 5.41) is 20.2. The van der Waals surface area contributed by atoms with E-state index >= 15 is 0 Å². The maximum Gasteiger partial charge on any atom is 0.162 e. The molecular formula is C13H19N5. The molecule has 0 spiro atoms. The van der Waals surface area contributed by atoms with E-state index in [0.29, 0.717) is 0 Å². The van der Waals surface area contributed by atoms with Gasteiger partial charge in [-0.1, -0.05) is 0 Å². The van der Waals surface area contributed by atoms with Crippen molar-refractivity contribution in [1.82, 2.24) is 14.8 Å². The van der Waals surface area contributed by atoms with E-state index in [9.17, 15) is 5.26 Å². The fourth-order valence-electron chi connectivity index (χ4n) is 2.61. The second-order valence-corrected chi connectivity index (χ2v) is 5.54. The highest BCUT2D eigenvalue weighted by atomic mass is 15.5. The lowest BCUT2D eigenvalue weighted by atomic mass is 9.96. The topological polar surface area (TPSA) is 57.2 Å². The number of aromatic nitrogens is 2. The molecule has 2 rings (SSSR count). The minimum Gasteiger partial charge on any atom is -0.275 e. The van der Waals surface area contributed by atoms with Gasteiger partial charge in [-0.25, -0.2) is 0 Å². The van der Waals surface area contributed by atoms with Crippen molar-refractivity contribution >= 4 is 5.71 Å². The van der Waals surface area contributed by atoms with Gasteiger partial charge in [-0.05, 0) is 27.7 Å². The summed E-state index contributed by atoms with van der Waals surface area (Å²) in [6.45, 7) is 8.16. The van der Waals surface area contributed by atoms with Gasteiger partial charge in [-0.2, -0.15) is 15.5 Å². The van der Waals surface area contributed by atoms with E-state index in [0.717, 1.165) is 23.4 Å². The van der Waals surface area contributed by atoms with Crippen LogP contribution in [0.1, 0.15) is 44.5 Å². The van der Waals surface area contributed by atoms with Gasteiger partial charge in [0.15, 0.2) is 6.04 Å². The van der Waals surface area contributed by atoms with E-state index in [1.54, 1.807) is 4.68 Å². The molecule has 96 valence electrons. The van der Waals surface area contributed by atoms with Crippen molar-refractivity contribution in [2.75, 3.05) is 0 Å². The lowest BCUT2D eigenvalue weighted by Gasteiger charge is -2.33. The van der Waals surface area contributed by atoms with Gasteiger partial charge in [0.05, 0.1) is 17.3 Å². The number of rotatable bonds is 2. The fraction of sp³-hybridized carbons (Fsp3) is 0.615. The molecule has 1 aromatic rings. The first-order valence-electron chi connectivity index (χ1n) is 6.08. The van der Waals surface area contributed by atoms with E-state index in [1.165, 1.54) is 0 Å². The zero-order chi connectivity index (χ0) is 13.5. The predicted octanol–water partition coefficient (Wildman–Crippen LogP) is 2.15. The summed E-state index contributed by atoms with van der Waals surface area (Å²) >= 11 is 0. The van der Waals surface area contributed by atoms with Crippen LogP contribution < -0.4 is 0 Å². The van der Waals surface area contributed by atoms with Crippen LogP contribution in [0.5, 0.6) is 0 Å². The number of nitriles is 1. The Hall–Kier alpha value is -1.83. The Balaban J connectivity index is 2.42. The van der Waals surface area contributed by atoms with Crippen LogP contribution in [0.4, 0.5) is 0 Å². The lowest BCUT2D eigenvalue weighted by molar-refractivity contribution is 0.122. The molecule has 0 bridgehead atoms. The van der Waals surface area contributed by atoms with Crippen LogP contribution in [0.2, 0.25) is 0 Å². The molecule has 5 nitrogen and oxygen atoms in total. The molecule has 2 heterocycles. The molecule has 1 atom stereocenters. The van der Waals surface area contributed by atoms with Crippen LogP contribution in [-0.2, 0) is 7.05 Å². The number of hydrogen-bond donors (Lipinski definition) is 0. The van der Waals surface area contributed by atoms with Gasteiger partial charge in [0.1, 0.15) is 0 Å². The molecule has 0 radical (unpaired) electrons. The summed E-state index contributed by atoms with van der Waals surface area (Å²) in [7, 11) is 1.87. The minimum absolute atomic E-state index is 0.118. The Bertz CT molecular complexity index is 532. The molecule has 0 saturated carbocycles.